The summed E-state index contributed by atoms with van der Waals surface area (Å²) in [5.41, 5.74) is 5.66. The topological polar surface area (TPSA) is 75.4 Å². The smallest absolute Gasteiger partial charge is 0.416 e. The Labute approximate surface area is 118 Å². The third-order valence-electron chi connectivity index (χ3n) is 2.77. The molecule has 0 amide bonds. The van der Waals surface area contributed by atoms with Gasteiger partial charge in [0.1, 0.15) is 0 Å². The average molecular weight is 296 g/mol. The molecule has 0 fully saturated rings. The van der Waals surface area contributed by atoms with Crippen molar-refractivity contribution in [2.24, 2.45) is 0 Å². The molecule has 0 aliphatic carbocycles. The lowest BCUT2D eigenvalue weighted by Crippen LogP contribution is -2.06. The molecule has 110 valence electrons. The fraction of sp³-hybridized carbons (Fsp3) is 0.0714. The molecule has 0 heterocycles. The van der Waals surface area contributed by atoms with Crippen molar-refractivity contribution in [3.63, 3.8) is 0 Å². The predicted molar refractivity (Wildman–Crippen MR) is 72.5 cm³/mol. The van der Waals surface area contributed by atoms with Crippen molar-refractivity contribution in [3.05, 3.63) is 53.6 Å². The molecule has 0 aliphatic rings. The Hall–Kier alpha value is -2.70. The first-order chi connectivity index (χ1) is 9.77. The van der Waals surface area contributed by atoms with Gasteiger partial charge in [-0.1, -0.05) is 0 Å². The zero-order chi connectivity index (χ0) is 15.6. The van der Waals surface area contributed by atoms with E-state index < -0.39 is 17.7 Å². The normalized spacial score (nSPS) is 11.2. The van der Waals surface area contributed by atoms with Gasteiger partial charge in [0.2, 0.25) is 0 Å². The van der Waals surface area contributed by atoms with Crippen molar-refractivity contribution < 1.29 is 23.1 Å². The minimum absolute atomic E-state index is 0.0240. The number of nitrogens with one attached hydrogen (secondary N) is 1. The maximum atomic E-state index is 12.5. The zero-order valence-electron chi connectivity index (χ0n) is 10.6. The van der Waals surface area contributed by atoms with Crippen LogP contribution in [0.1, 0.15) is 15.9 Å². The second kappa shape index (κ2) is 5.35. The number of carbonyl (C=O) groups is 1. The predicted octanol–water partition coefficient (Wildman–Crippen LogP) is 3.73. The van der Waals surface area contributed by atoms with Crippen LogP contribution in [0.4, 0.5) is 30.2 Å². The number of hydrogen-bond acceptors (Lipinski definition) is 3. The average Bonchev–Trinajstić information content (AvgIpc) is 2.38. The fourth-order valence-corrected chi connectivity index (χ4v) is 1.75. The van der Waals surface area contributed by atoms with Crippen molar-refractivity contribution >= 4 is 23.0 Å². The van der Waals surface area contributed by atoms with Gasteiger partial charge in [-0.2, -0.15) is 13.2 Å². The van der Waals surface area contributed by atoms with E-state index in [-0.39, 0.29) is 11.3 Å². The number of carboxylic acid groups (broad SMARTS) is 1. The first-order valence-electron chi connectivity index (χ1n) is 5.84. The highest BCUT2D eigenvalue weighted by Crippen LogP contribution is 2.31. The maximum Gasteiger partial charge on any atom is 0.416 e. The van der Waals surface area contributed by atoms with E-state index >= 15 is 0 Å². The Morgan fingerprint density at radius 2 is 1.71 bits per heavy atom. The molecule has 7 heteroatoms. The third kappa shape index (κ3) is 3.44. The summed E-state index contributed by atoms with van der Waals surface area (Å²) >= 11 is 0. The van der Waals surface area contributed by atoms with E-state index in [0.29, 0.717) is 11.4 Å². The summed E-state index contributed by atoms with van der Waals surface area (Å²) in [4.78, 5) is 11.1. The monoisotopic (exact) mass is 296 g/mol. The van der Waals surface area contributed by atoms with E-state index in [4.69, 9.17) is 10.8 Å². The van der Waals surface area contributed by atoms with Crippen LogP contribution < -0.4 is 11.1 Å². The standard InChI is InChI=1S/C14H11F3N2O2/c15-14(16,17)8-1-4-10(5-2-8)19-12-7-9(18)3-6-11(12)13(20)21/h1-7,19H,18H2,(H,20,21). The maximum absolute atomic E-state index is 12.5. The number of nitrogens with two attached hydrogens (primary N) is 1. The van der Waals surface area contributed by atoms with Gasteiger partial charge in [0.05, 0.1) is 16.8 Å². The Kier molecular flexibility index (Phi) is 3.75. The van der Waals surface area contributed by atoms with Gasteiger partial charge >= 0.3 is 12.1 Å². The molecule has 0 saturated carbocycles. The minimum Gasteiger partial charge on any atom is -0.478 e. The van der Waals surface area contributed by atoms with Crippen molar-refractivity contribution in [1.29, 1.82) is 0 Å². The lowest BCUT2D eigenvalue weighted by molar-refractivity contribution is -0.137. The number of rotatable bonds is 3. The lowest BCUT2D eigenvalue weighted by atomic mass is 10.1. The molecule has 0 aliphatic heterocycles. The van der Waals surface area contributed by atoms with Gasteiger partial charge in [0.25, 0.3) is 0 Å². The number of benzene rings is 2. The molecule has 0 atom stereocenters. The SMILES string of the molecule is Nc1ccc(C(=O)O)c(Nc2ccc(C(F)(F)F)cc2)c1. The lowest BCUT2D eigenvalue weighted by Gasteiger charge is -2.12. The summed E-state index contributed by atoms with van der Waals surface area (Å²) in [6.07, 6.45) is -4.41. The summed E-state index contributed by atoms with van der Waals surface area (Å²) in [6.45, 7) is 0. The molecule has 0 bridgehead atoms. The molecule has 2 aromatic rings. The van der Waals surface area contributed by atoms with Crippen LogP contribution in [0.25, 0.3) is 0 Å². The van der Waals surface area contributed by atoms with Crippen LogP contribution in [0.5, 0.6) is 0 Å². The molecule has 2 rings (SSSR count). The summed E-state index contributed by atoms with van der Waals surface area (Å²) in [7, 11) is 0. The number of halogens is 3. The number of hydrogen-bond donors (Lipinski definition) is 3. The largest absolute Gasteiger partial charge is 0.478 e. The summed E-state index contributed by atoms with van der Waals surface area (Å²) in [5, 5.41) is 11.8. The minimum atomic E-state index is -4.41. The highest BCUT2D eigenvalue weighted by atomic mass is 19.4. The summed E-state index contributed by atoms with van der Waals surface area (Å²) in [5.74, 6) is -1.16. The molecular weight excluding hydrogens is 285 g/mol. The first-order valence-corrected chi connectivity index (χ1v) is 5.84. The zero-order valence-corrected chi connectivity index (χ0v) is 10.6. The summed E-state index contributed by atoms with van der Waals surface area (Å²) in [6, 6.07) is 8.42. The van der Waals surface area contributed by atoms with E-state index in [1.165, 1.54) is 30.3 Å². The van der Waals surface area contributed by atoms with E-state index in [0.717, 1.165) is 12.1 Å². The van der Waals surface area contributed by atoms with E-state index in [1.54, 1.807) is 0 Å². The number of alkyl halides is 3. The first kappa shape index (κ1) is 14.7. The Balaban J connectivity index is 2.30. The molecular formula is C14H11F3N2O2. The van der Waals surface area contributed by atoms with Gasteiger partial charge < -0.3 is 16.2 Å². The quantitative estimate of drug-likeness (QED) is 0.754. The third-order valence-corrected chi connectivity index (χ3v) is 2.77. The molecule has 0 unspecified atom stereocenters. The van der Waals surface area contributed by atoms with Crippen LogP contribution in [-0.2, 0) is 6.18 Å². The summed E-state index contributed by atoms with van der Waals surface area (Å²) < 4.78 is 37.4. The Morgan fingerprint density at radius 1 is 1.10 bits per heavy atom. The van der Waals surface area contributed by atoms with Gasteiger partial charge in [-0.25, -0.2) is 4.79 Å². The Morgan fingerprint density at radius 3 is 2.24 bits per heavy atom. The van der Waals surface area contributed by atoms with E-state index in [1.807, 2.05) is 0 Å². The van der Waals surface area contributed by atoms with Gasteiger partial charge in [0, 0.05) is 11.4 Å². The molecule has 0 spiro atoms. The number of carboxylic acids is 1. The number of aromatic carboxylic acids is 1. The van der Waals surface area contributed by atoms with Crippen LogP contribution in [-0.4, -0.2) is 11.1 Å². The second-order valence-electron chi connectivity index (χ2n) is 4.31. The highest BCUT2D eigenvalue weighted by molar-refractivity contribution is 5.96. The van der Waals surface area contributed by atoms with Gasteiger partial charge in [-0.05, 0) is 42.5 Å². The van der Waals surface area contributed by atoms with Gasteiger partial charge in [-0.15, -0.1) is 0 Å². The number of anilines is 3. The molecule has 0 radical (unpaired) electrons. The van der Waals surface area contributed by atoms with Gasteiger partial charge in [0.15, 0.2) is 0 Å². The highest BCUT2D eigenvalue weighted by Gasteiger charge is 2.29. The van der Waals surface area contributed by atoms with Crippen molar-refractivity contribution in [3.8, 4) is 0 Å². The Bertz CT molecular complexity index is 667. The van der Waals surface area contributed by atoms with Crippen LogP contribution in [0.2, 0.25) is 0 Å². The fourth-order valence-electron chi connectivity index (χ4n) is 1.75. The van der Waals surface area contributed by atoms with Crippen molar-refractivity contribution in [2.45, 2.75) is 6.18 Å². The van der Waals surface area contributed by atoms with E-state index in [2.05, 4.69) is 5.32 Å². The molecule has 4 nitrogen and oxygen atoms in total. The molecule has 4 N–H and O–H groups in total. The van der Waals surface area contributed by atoms with Crippen LogP contribution in [0, 0.1) is 0 Å². The molecule has 0 aromatic heterocycles. The molecule has 2 aromatic carbocycles. The van der Waals surface area contributed by atoms with Crippen LogP contribution >= 0.6 is 0 Å². The van der Waals surface area contributed by atoms with Crippen molar-refractivity contribution in [2.75, 3.05) is 11.1 Å². The number of nitrogen functional groups attached to an aromatic ring is 1. The van der Waals surface area contributed by atoms with E-state index in [9.17, 15) is 18.0 Å². The van der Waals surface area contributed by atoms with Gasteiger partial charge in [-0.3, -0.25) is 0 Å². The second-order valence-corrected chi connectivity index (χ2v) is 4.31. The van der Waals surface area contributed by atoms with Crippen LogP contribution in [0.15, 0.2) is 42.5 Å². The van der Waals surface area contributed by atoms with Crippen molar-refractivity contribution in [1.82, 2.24) is 0 Å². The van der Waals surface area contributed by atoms with Crippen LogP contribution in [0.3, 0.4) is 0 Å². The molecule has 0 saturated heterocycles. The molecule has 21 heavy (non-hydrogen) atoms.